The molecular formula is C20H26N4O3. The van der Waals surface area contributed by atoms with Crippen LogP contribution in [0, 0.1) is 17.2 Å². The van der Waals surface area contributed by atoms with Gasteiger partial charge >= 0.3 is 0 Å². The van der Waals surface area contributed by atoms with Crippen molar-refractivity contribution in [3.63, 3.8) is 0 Å². The summed E-state index contributed by atoms with van der Waals surface area (Å²) >= 11 is 0. The summed E-state index contributed by atoms with van der Waals surface area (Å²) in [6.45, 7) is 0.509. The Balaban J connectivity index is 1.61. The van der Waals surface area contributed by atoms with E-state index in [4.69, 9.17) is 19.9 Å². The van der Waals surface area contributed by atoms with Gasteiger partial charge in [0.1, 0.15) is 11.8 Å². The number of benzene rings is 1. The Morgan fingerprint density at radius 3 is 2.63 bits per heavy atom. The van der Waals surface area contributed by atoms with Gasteiger partial charge in [0.05, 0.1) is 24.3 Å². The lowest BCUT2D eigenvalue weighted by Crippen LogP contribution is -2.42. The molecule has 27 heavy (non-hydrogen) atoms. The maximum atomic E-state index is 9.71. The number of fused-ring (bicyclic) bond motifs is 1. The number of methoxy groups -OCH3 is 1. The molecule has 7 heteroatoms. The fraction of sp³-hybridized carbons (Fsp3) is 0.550. The third kappa shape index (κ3) is 3.48. The lowest BCUT2D eigenvalue weighted by molar-refractivity contribution is 0.0279. The molecule has 0 bridgehead atoms. The van der Waals surface area contributed by atoms with Crippen LogP contribution in [0.5, 0.6) is 5.75 Å². The summed E-state index contributed by atoms with van der Waals surface area (Å²) in [7, 11) is 1.66. The Hall–Kier alpha value is -2.27. The predicted octanol–water partition coefficient (Wildman–Crippen LogP) is 1.88. The van der Waals surface area contributed by atoms with E-state index in [-0.39, 0.29) is 30.0 Å². The Bertz CT molecular complexity index is 737. The van der Waals surface area contributed by atoms with Crippen LogP contribution in [-0.2, 0) is 9.47 Å². The summed E-state index contributed by atoms with van der Waals surface area (Å²) in [6, 6.07) is 10.3. The van der Waals surface area contributed by atoms with Gasteiger partial charge in [-0.25, -0.2) is 10.9 Å². The summed E-state index contributed by atoms with van der Waals surface area (Å²) in [5, 5.41) is 9.71. The van der Waals surface area contributed by atoms with Gasteiger partial charge in [-0.05, 0) is 43.4 Å². The number of nitriles is 1. The molecular weight excluding hydrogens is 344 g/mol. The fourth-order valence-electron chi connectivity index (χ4n) is 4.45. The summed E-state index contributed by atoms with van der Waals surface area (Å²) < 4.78 is 17.1. The lowest BCUT2D eigenvalue weighted by Gasteiger charge is -2.35. The normalized spacial score (nSPS) is 30.7. The predicted molar refractivity (Wildman–Crippen MR) is 99.2 cm³/mol. The van der Waals surface area contributed by atoms with Gasteiger partial charge in [-0.1, -0.05) is 12.1 Å². The van der Waals surface area contributed by atoms with Gasteiger partial charge in [-0.2, -0.15) is 5.26 Å². The van der Waals surface area contributed by atoms with Crippen molar-refractivity contribution >= 4 is 0 Å². The van der Waals surface area contributed by atoms with Crippen LogP contribution in [0.2, 0.25) is 0 Å². The van der Waals surface area contributed by atoms with Gasteiger partial charge in [0.2, 0.25) is 5.88 Å². The second-order valence-corrected chi connectivity index (χ2v) is 7.43. The summed E-state index contributed by atoms with van der Waals surface area (Å²) in [6.07, 6.45) is 4.75. The highest BCUT2D eigenvalue weighted by molar-refractivity contribution is 5.43. The maximum Gasteiger partial charge on any atom is 0.200 e. The SMILES string of the molecule is COCC1NNC2OC(N)=C(C#N)C(c3ccc(OC4CCCC4)cc3)C12. The van der Waals surface area contributed by atoms with Gasteiger partial charge in [0, 0.05) is 18.9 Å². The lowest BCUT2D eigenvalue weighted by atomic mass is 9.76. The molecule has 1 aromatic rings. The largest absolute Gasteiger partial charge is 0.490 e. The number of ether oxygens (including phenoxy) is 3. The zero-order valence-electron chi connectivity index (χ0n) is 15.5. The minimum atomic E-state index is -0.304. The van der Waals surface area contributed by atoms with Crippen LogP contribution in [0.3, 0.4) is 0 Å². The quantitative estimate of drug-likeness (QED) is 0.727. The Labute approximate surface area is 159 Å². The van der Waals surface area contributed by atoms with E-state index in [9.17, 15) is 5.26 Å². The summed E-state index contributed by atoms with van der Waals surface area (Å²) in [5.41, 5.74) is 13.9. The van der Waals surface area contributed by atoms with Crippen molar-refractivity contribution in [3.05, 3.63) is 41.3 Å². The van der Waals surface area contributed by atoms with Gasteiger partial charge in [0.15, 0.2) is 6.23 Å². The molecule has 1 aliphatic carbocycles. The molecule has 4 unspecified atom stereocenters. The molecule has 0 aromatic heterocycles. The number of hydrazine groups is 1. The van der Waals surface area contributed by atoms with Crippen molar-refractivity contribution in [2.24, 2.45) is 11.7 Å². The Morgan fingerprint density at radius 1 is 1.22 bits per heavy atom. The second-order valence-electron chi connectivity index (χ2n) is 7.43. The molecule has 3 aliphatic rings. The summed E-state index contributed by atoms with van der Waals surface area (Å²) in [5.74, 6) is 0.883. The molecule has 2 fully saturated rings. The van der Waals surface area contributed by atoms with E-state index in [1.165, 1.54) is 12.8 Å². The zero-order chi connectivity index (χ0) is 18.8. The number of rotatable bonds is 5. The molecule has 4 rings (SSSR count). The summed E-state index contributed by atoms with van der Waals surface area (Å²) in [4.78, 5) is 0. The molecule has 2 aliphatic heterocycles. The van der Waals surface area contributed by atoms with Crippen molar-refractivity contribution in [1.82, 2.24) is 10.9 Å². The van der Waals surface area contributed by atoms with Gasteiger partial charge in [-0.15, -0.1) is 0 Å². The van der Waals surface area contributed by atoms with Crippen molar-refractivity contribution < 1.29 is 14.2 Å². The number of hydrogen-bond donors (Lipinski definition) is 3. The van der Waals surface area contributed by atoms with Crippen molar-refractivity contribution in [1.29, 1.82) is 5.26 Å². The number of nitrogens with two attached hydrogens (primary N) is 1. The van der Waals surface area contributed by atoms with E-state index in [1.807, 2.05) is 24.3 Å². The van der Waals surface area contributed by atoms with Gasteiger partial charge in [-0.3, -0.25) is 0 Å². The second kappa shape index (κ2) is 7.77. The first-order valence-electron chi connectivity index (χ1n) is 9.54. The minimum Gasteiger partial charge on any atom is -0.490 e. The van der Waals surface area contributed by atoms with E-state index >= 15 is 0 Å². The topological polar surface area (TPSA) is 102 Å². The van der Waals surface area contributed by atoms with Crippen LogP contribution >= 0.6 is 0 Å². The van der Waals surface area contributed by atoms with Crippen LogP contribution in [-0.4, -0.2) is 32.1 Å². The number of nitrogens with zero attached hydrogens (tertiary/aromatic N) is 1. The van der Waals surface area contributed by atoms with Crippen LogP contribution in [0.1, 0.15) is 37.2 Å². The molecule has 1 aromatic carbocycles. The standard InChI is InChI=1S/C20H26N4O3/c1-25-11-16-18-17(15(10-21)19(22)27-20(18)24-23-16)12-6-8-14(9-7-12)26-13-4-2-3-5-13/h6-9,13,16-18,20,23-24H,2-5,11,22H2,1H3. The van der Waals surface area contributed by atoms with E-state index in [2.05, 4.69) is 16.9 Å². The molecule has 144 valence electrons. The number of hydrogen-bond acceptors (Lipinski definition) is 7. The van der Waals surface area contributed by atoms with E-state index < -0.39 is 0 Å². The highest BCUT2D eigenvalue weighted by Crippen LogP contribution is 2.43. The number of nitrogens with one attached hydrogen (secondary N) is 2. The third-order valence-corrected chi connectivity index (χ3v) is 5.75. The highest BCUT2D eigenvalue weighted by Gasteiger charge is 2.48. The van der Waals surface area contributed by atoms with Crippen LogP contribution in [0.4, 0.5) is 0 Å². The smallest absolute Gasteiger partial charge is 0.200 e. The first kappa shape index (κ1) is 18.1. The highest BCUT2D eigenvalue weighted by atomic mass is 16.5. The maximum absolute atomic E-state index is 9.71. The van der Waals surface area contributed by atoms with Crippen LogP contribution < -0.4 is 21.3 Å². The molecule has 1 saturated heterocycles. The number of allylic oxidation sites excluding steroid dienone is 1. The zero-order valence-corrected chi connectivity index (χ0v) is 15.5. The molecule has 7 nitrogen and oxygen atoms in total. The van der Waals surface area contributed by atoms with Crippen molar-refractivity contribution in [2.45, 2.75) is 50.0 Å². The molecule has 4 N–H and O–H groups in total. The van der Waals surface area contributed by atoms with E-state index in [0.717, 1.165) is 24.2 Å². The molecule has 4 atom stereocenters. The molecule has 2 heterocycles. The monoisotopic (exact) mass is 370 g/mol. The Kier molecular flexibility index (Phi) is 5.21. The first-order chi connectivity index (χ1) is 13.2. The van der Waals surface area contributed by atoms with Crippen LogP contribution in [0.25, 0.3) is 0 Å². The molecule has 0 amide bonds. The van der Waals surface area contributed by atoms with E-state index in [1.54, 1.807) is 7.11 Å². The van der Waals surface area contributed by atoms with Crippen molar-refractivity contribution in [2.75, 3.05) is 13.7 Å². The molecule has 1 saturated carbocycles. The molecule has 0 radical (unpaired) electrons. The van der Waals surface area contributed by atoms with E-state index in [0.29, 0.717) is 18.3 Å². The average molecular weight is 370 g/mol. The van der Waals surface area contributed by atoms with Crippen LogP contribution in [0.15, 0.2) is 35.7 Å². The van der Waals surface area contributed by atoms with Gasteiger partial charge < -0.3 is 19.9 Å². The van der Waals surface area contributed by atoms with Gasteiger partial charge in [0.25, 0.3) is 0 Å². The molecule has 0 spiro atoms. The average Bonchev–Trinajstić information content (AvgIpc) is 3.32. The third-order valence-electron chi connectivity index (χ3n) is 5.75. The minimum absolute atomic E-state index is 0.00602. The first-order valence-corrected chi connectivity index (χ1v) is 9.54. The van der Waals surface area contributed by atoms with Crippen molar-refractivity contribution in [3.8, 4) is 11.8 Å². The Morgan fingerprint density at radius 2 is 1.96 bits per heavy atom. The fourth-order valence-corrected chi connectivity index (χ4v) is 4.45.